The molecule has 0 aliphatic heterocycles. The number of hydrogen-bond acceptors (Lipinski definition) is 6. The Labute approximate surface area is 201 Å². The van der Waals surface area contributed by atoms with E-state index in [0.717, 1.165) is 63.3 Å². The lowest BCUT2D eigenvalue weighted by Gasteiger charge is -2.66. The van der Waals surface area contributed by atoms with Crippen LogP contribution in [0.4, 0.5) is 0 Å². The standard InChI is InChI=1S/C27H39N5O2/c1-24(34)10-11-25(2)17(14-24)6-9-27(28)21-5-4-18(26(21,3)8-7-22(25)27)20(33)16-32-23-19(15-31-32)29-12-13-30-23/h12-13,15,17-18,21-22,34H,4-11,14,16,28H2,1-3H3/t17-,18+,21+,22+,24+,25-,26+,27+/m0/s1. The molecule has 8 atom stereocenters. The summed E-state index contributed by atoms with van der Waals surface area (Å²) in [4.78, 5) is 22.4. The molecule has 184 valence electrons. The summed E-state index contributed by atoms with van der Waals surface area (Å²) in [7, 11) is 0. The molecule has 2 aromatic rings. The Morgan fingerprint density at radius 3 is 2.62 bits per heavy atom. The van der Waals surface area contributed by atoms with Gasteiger partial charge < -0.3 is 10.8 Å². The van der Waals surface area contributed by atoms with Gasteiger partial charge in [-0.15, -0.1) is 0 Å². The zero-order valence-electron chi connectivity index (χ0n) is 20.8. The third kappa shape index (κ3) is 3.08. The quantitative estimate of drug-likeness (QED) is 0.712. The molecule has 34 heavy (non-hydrogen) atoms. The summed E-state index contributed by atoms with van der Waals surface area (Å²) in [5, 5.41) is 15.2. The summed E-state index contributed by atoms with van der Waals surface area (Å²) in [6, 6.07) is 0. The highest BCUT2D eigenvalue weighted by molar-refractivity contribution is 5.83. The van der Waals surface area contributed by atoms with Gasteiger partial charge in [-0.3, -0.25) is 4.79 Å². The average molecular weight is 466 g/mol. The molecule has 2 aromatic heterocycles. The van der Waals surface area contributed by atoms with Crippen LogP contribution in [0.15, 0.2) is 18.6 Å². The third-order valence-corrected chi connectivity index (χ3v) is 11.1. The Morgan fingerprint density at radius 1 is 1.03 bits per heavy atom. The number of aliphatic hydroxyl groups is 1. The second kappa shape index (κ2) is 7.33. The minimum Gasteiger partial charge on any atom is -0.390 e. The van der Waals surface area contributed by atoms with Crippen LogP contribution in [0.1, 0.15) is 78.6 Å². The molecule has 0 unspecified atom stereocenters. The lowest BCUT2D eigenvalue weighted by atomic mass is 9.41. The smallest absolute Gasteiger partial charge is 0.177 e. The molecule has 2 heterocycles. The number of carbonyl (C=O) groups excluding carboxylic acids is 1. The van der Waals surface area contributed by atoms with Gasteiger partial charge in [0.05, 0.1) is 11.8 Å². The molecular weight excluding hydrogens is 426 g/mol. The first kappa shape index (κ1) is 22.6. The molecule has 6 rings (SSSR count). The fraction of sp³-hybridized carbons (Fsp3) is 0.778. The number of aromatic nitrogens is 4. The van der Waals surface area contributed by atoms with Gasteiger partial charge in [-0.1, -0.05) is 13.8 Å². The van der Waals surface area contributed by atoms with Crippen molar-refractivity contribution in [3.05, 3.63) is 18.6 Å². The van der Waals surface area contributed by atoms with E-state index in [9.17, 15) is 9.90 Å². The van der Waals surface area contributed by atoms with Crippen LogP contribution in [-0.4, -0.2) is 41.8 Å². The van der Waals surface area contributed by atoms with Crippen molar-refractivity contribution in [2.45, 2.75) is 96.2 Å². The van der Waals surface area contributed by atoms with Crippen LogP contribution in [0.2, 0.25) is 0 Å². The highest BCUT2D eigenvalue weighted by atomic mass is 16.3. The van der Waals surface area contributed by atoms with Crippen LogP contribution in [0.5, 0.6) is 0 Å². The zero-order valence-corrected chi connectivity index (χ0v) is 20.8. The largest absolute Gasteiger partial charge is 0.390 e. The average Bonchev–Trinajstić information content (AvgIpc) is 3.36. The van der Waals surface area contributed by atoms with Crippen LogP contribution < -0.4 is 5.73 Å². The van der Waals surface area contributed by atoms with Crippen LogP contribution in [0.3, 0.4) is 0 Å². The Bertz CT molecular complexity index is 1130. The number of ketones is 1. The molecular formula is C27H39N5O2. The minimum atomic E-state index is -0.534. The van der Waals surface area contributed by atoms with Crippen molar-refractivity contribution < 1.29 is 9.90 Å². The van der Waals surface area contributed by atoms with E-state index in [1.54, 1.807) is 23.3 Å². The first-order valence-electron chi connectivity index (χ1n) is 13.2. The van der Waals surface area contributed by atoms with Gasteiger partial charge in [-0.05, 0) is 93.3 Å². The summed E-state index contributed by atoms with van der Waals surface area (Å²) in [6.45, 7) is 7.07. The van der Waals surface area contributed by atoms with Crippen LogP contribution in [0, 0.1) is 34.5 Å². The summed E-state index contributed by atoms with van der Waals surface area (Å²) in [5.74, 6) is 1.69. The lowest BCUT2D eigenvalue weighted by Crippen LogP contribution is -2.68. The molecule has 0 spiro atoms. The number of fused-ring (bicyclic) bond motifs is 6. The molecule has 4 fully saturated rings. The monoisotopic (exact) mass is 465 g/mol. The normalized spacial score (nSPS) is 46.0. The molecule has 0 bridgehead atoms. The van der Waals surface area contributed by atoms with Gasteiger partial charge in [0.15, 0.2) is 11.4 Å². The van der Waals surface area contributed by atoms with E-state index in [0.29, 0.717) is 23.4 Å². The van der Waals surface area contributed by atoms with Crippen molar-refractivity contribution in [2.24, 2.45) is 40.2 Å². The first-order chi connectivity index (χ1) is 16.1. The van der Waals surface area contributed by atoms with E-state index in [1.165, 1.54) is 0 Å². The fourth-order valence-electron chi connectivity index (χ4n) is 9.36. The fourth-order valence-corrected chi connectivity index (χ4v) is 9.36. The van der Waals surface area contributed by atoms with E-state index in [2.05, 4.69) is 28.9 Å². The first-order valence-corrected chi connectivity index (χ1v) is 13.2. The maximum absolute atomic E-state index is 13.7. The Hall–Kier alpha value is -1.86. The predicted molar refractivity (Wildman–Crippen MR) is 130 cm³/mol. The van der Waals surface area contributed by atoms with Gasteiger partial charge in [0.1, 0.15) is 12.1 Å². The van der Waals surface area contributed by atoms with Crippen molar-refractivity contribution in [2.75, 3.05) is 0 Å². The molecule has 7 heteroatoms. The highest BCUT2D eigenvalue weighted by Crippen LogP contribution is 2.68. The minimum absolute atomic E-state index is 0.0208. The molecule has 3 N–H and O–H groups in total. The summed E-state index contributed by atoms with van der Waals surface area (Å²) >= 11 is 0. The lowest BCUT2D eigenvalue weighted by molar-refractivity contribution is -0.159. The maximum Gasteiger partial charge on any atom is 0.177 e. The van der Waals surface area contributed by atoms with E-state index < -0.39 is 5.60 Å². The molecule has 7 nitrogen and oxygen atoms in total. The summed E-state index contributed by atoms with van der Waals surface area (Å²) < 4.78 is 1.71. The third-order valence-electron chi connectivity index (χ3n) is 11.1. The second-order valence-electron chi connectivity index (χ2n) is 12.9. The zero-order chi connectivity index (χ0) is 23.9. The van der Waals surface area contributed by atoms with Crippen LogP contribution >= 0.6 is 0 Å². The highest BCUT2D eigenvalue weighted by Gasteiger charge is 2.66. The van der Waals surface area contributed by atoms with Crippen molar-refractivity contribution >= 4 is 16.9 Å². The topological polar surface area (TPSA) is 107 Å². The van der Waals surface area contributed by atoms with Gasteiger partial charge in [0.25, 0.3) is 0 Å². The van der Waals surface area contributed by atoms with E-state index >= 15 is 0 Å². The molecule has 4 saturated carbocycles. The predicted octanol–water partition coefficient (Wildman–Crippen LogP) is 3.89. The van der Waals surface area contributed by atoms with Gasteiger partial charge in [-0.25, -0.2) is 14.6 Å². The number of Topliss-reactive ketones (excluding diaryl/α,β-unsaturated/α-hetero) is 1. The molecule has 4 aliphatic carbocycles. The molecule has 0 saturated heterocycles. The van der Waals surface area contributed by atoms with E-state index in [-0.39, 0.29) is 34.6 Å². The number of rotatable bonds is 3. The maximum atomic E-state index is 13.7. The van der Waals surface area contributed by atoms with E-state index in [1.807, 2.05) is 6.92 Å². The van der Waals surface area contributed by atoms with Gasteiger partial charge in [0, 0.05) is 23.9 Å². The van der Waals surface area contributed by atoms with Gasteiger partial charge in [0.2, 0.25) is 0 Å². The Balaban J connectivity index is 1.26. The van der Waals surface area contributed by atoms with Crippen LogP contribution in [-0.2, 0) is 11.3 Å². The van der Waals surface area contributed by atoms with Gasteiger partial charge in [-0.2, -0.15) is 5.10 Å². The molecule has 0 radical (unpaired) electrons. The summed E-state index contributed by atoms with van der Waals surface area (Å²) in [5.41, 5.74) is 8.26. The number of nitrogens with zero attached hydrogens (tertiary/aromatic N) is 4. The molecule has 0 amide bonds. The van der Waals surface area contributed by atoms with Crippen LogP contribution in [0.25, 0.3) is 11.2 Å². The SMILES string of the molecule is C[C@@]1(O)CC[C@@]2(C)[C@@H](CC[C@]3(N)[C@@H]2CC[C@]2(C)[C@@H](C(=O)Cn4ncc5nccnc54)CC[C@H]23)C1. The number of carbonyl (C=O) groups is 1. The van der Waals surface area contributed by atoms with Gasteiger partial charge >= 0.3 is 0 Å². The van der Waals surface area contributed by atoms with E-state index in [4.69, 9.17) is 5.73 Å². The molecule has 4 aliphatic rings. The summed E-state index contributed by atoms with van der Waals surface area (Å²) in [6.07, 6.45) is 14.1. The molecule has 0 aromatic carbocycles. The second-order valence-corrected chi connectivity index (χ2v) is 12.9. The Kier molecular flexibility index (Phi) is 4.87. The van der Waals surface area contributed by atoms with Crippen molar-refractivity contribution in [3.63, 3.8) is 0 Å². The number of hydrogen-bond donors (Lipinski definition) is 2. The van der Waals surface area contributed by atoms with Crippen molar-refractivity contribution in [1.82, 2.24) is 19.7 Å². The Morgan fingerprint density at radius 2 is 1.79 bits per heavy atom. The van der Waals surface area contributed by atoms with Crippen molar-refractivity contribution in [1.29, 1.82) is 0 Å². The van der Waals surface area contributed by atoms with Crippen molar-refractivity contribution in [3.8, 4) is 0 Å². The number of nitrogens with two attached hydrogens (primary N) is 1.